The molecule has 1 aliphatic heterocycles. The van der Waals surface area contributed by atoms with Crippen LogP contribution >= 0.6 is 0 Å². The van der Waals surface area contributed by atoms with E-state index in [1.54, 1.807) is 0 Å². The number of carbonyl (C=O) groups is 2. The van der Waals surface area contributed by atoms with Gasteiger partial charge in [-0.2, -0.15) is 26.3 Å². The van der Waals surface area contributed by atoms with Crippen LogP contribution in [-0.4, -0.2) is 29.3 Å². The summed E-state index contributed by atoms with van der Waals surface area (Å²) in [7, 11) is 0. The molecule has 162 valence electrons. The summed E-state index contributed by atoms with van der Waals surface area (Å²) in [5.74, 6) is -0.656. The van der Waals surface area contributed by atoms with Crippen molar-refractivity contribution >= 4 is 17.5 Å². The molecule has 6 unspecified atom stereocenters. The third-order valence-electron chi connectivity index (χ3n) is 7.51. The van der Waals surface area contributed by atoms with E-state index in [9.17, 15) is 41.0 Å². The van der Waals surface area contributed by atoms with Gasteiger partial charge in [0.1, 0.15) is 0 Å². The number of benzene rings is 1. The van der Waals surface area contributed by atoms with Crippen LogP contribution < -0.4 is 4.90 Å². The Hall–Kier alpha value is -2.10. The molecule has 1 N–H and O–H groups in total. The van der Waals surface area contributed by atoms with Gasteiger partial charge in [-0.05, 0) is 55.1 Å². The Kier molecular flexibility index (Phi) is 3.82. The summed E-state index contributed by atoms with van der Waals surface area (Å²) in [6, 6.07) is 2.64. The van der Waals surface area contributed by atoms with E-state index in [4.69, 9.17) is 0 Å². The number of carbonyl (C=O) groups excluding carboxylic acids is 2. The molecule has 2 amide bonds. The van der Waals surface area contributed by atoms with E-state index in [-0.39, 0.29) is 17.5 Å². The zero-order valence-electron chi connectivity index (χ0n) is 15.4. The molecular formula is C20H17F6NO3. The van der Waals surface area contributed by atoms with Crippen LogP contribution in [0.4, 0.5) is 32.0 Å². The third-order valence-corrected chi connectivity index (χ3v) is 7.51. The molecule has 1 saturated heterocycles. The van der Waals surface area contributed by atoms with E-state index in [2.05, 4.69) is 0 Å². The number of hydrogen-bond donors (Lipinski definition) is 1. The molecule has 4 saturated carbocycles. The van der Waals surface area contributed by atoms with E-state index in [1.807, 2.05) is 0 Å². The van der Waals surface area contributed by atoms with Gasteiger partial charge in [-0.1, -0.05) is 12.1 Å². The van der Waals surface area contributed by atoms with Gasteiger partial charge in [0, 0.05) is 5.56 Å². The van der Waals surface area contributed by atoms with Crippen molar-refractivity contribution in [1.82, 2.24) is 0 Å². The van der Waals surface area contributed by atoms with Gasteiger partial charge >= 0.3 is 12.4 Å². The Morgan fingerprint density at radius 1 is 0.767 bits per heavy atom. The zero-order chi connectivity index (χ0) is 21.8. The van der Waals surface area contributed by atoms with Crippen LogP contribution in [0.3, 0.4) is 0 Å². The maximum atomic E-state index is 13.1. The number of amides is 2. The van der Waals surface area contributed by atoms with Crippen molar-refractivity contribution in [3.63, 3.8) is 0 Å². The first-order chi connectivity index (χ1) is 13.9. The van der Waals surface area contributed by atoms with Crippen molar-refractivity contribution in [2.45, 2.75) is 37.2 Å². The van der Waals surface area contributed by atoms with Gasteiger partial charge in [0.2, 0.25) is 11.8 Å². The third kappa shape index (κ3) is 2.34. The van der Waals surface area contributed by atoms with Crippen molar-refractivity contribution in [1.29, 1.82) is 0 Å². The van der Waals surface area contributed by atoms with Crippen molar-refractivity contribution in [3.8, 4) is 0 Å². The van der Waals surface area contributed by atoms with Gasteiger partial charge in [0.15, 0.2) is 0 Å². The number of rotatable bonds is 2. The van der Waals surface area contributed by atoms with Crippen molar-refractivity contribution in [2.24, 2.45) is 35.5 Å². The van der Waals surface area contributed by atoms with Crippen LogP contribution in [0.2, 0.25) is 0 Å². The molecule has 6 atom stereocenters. The first kappa shape index (κ1) is 19.8. The molecule has 10 heteroatoms. The summed E-state index contributed by atoms with van der Waals surface area (Å²) >= 11 is 0. The van der Waals surface area contributed by atoms with Gasteiger partial charge in [-0.15, -0.1) is 0 Å². The fraction of sp³-hybridized carbons (Fsp3) is 0.600. The molecule has 4 nitrogen and oxygen atoms in total. The van der Waals surface area contributed by atoms with Crippen molar-refractivity contribution < 1.29 is 41.0 Å². The number of aliphatic hydroxyl groups is 1. The van der Waals surface area contributed by atoms with Crippen molar-refractivity contribution in [3.05, 3.63) is 29.8 Å². The maximum absolute atomic E-state index is 13.1. The Morgan fingerprint density at radius 2 is 1.20 bits per heavy atom. The number of imide groups is 1. The predicted molar refractivity (Wildman–Crippen MR) is 89.7 cm³/mol. The lowest BCUT2D eigenvalue weighted by Gasteiger charge is -2.42. The van der Waals surface area contributed by atoms with Gasteiger partial charge < -0.3 is 5.11 Å². The van der Waals surface area contributed by atoms with Crippen molar-refractivity contribution in [2.75, 3.05) is 4.90 Å². The van der Waals surface area contributed by atoms with E-state index in [0.29, 0.717) is 24.0 Å². The number of hydrogen-bond acceptors (Lipinski definition) is 3. The summed E-state index contributed by atoms with van der Waals surface area (Å²) in [4.78, 5) is 26.9. The van der Waals surface area contributed by atoms with Crippen LogP contribution in [0.15, 0.2) is 24.3 Å². The van der Waals surface area contributed by atoms with Gasteiger partial charge in [0.25, 0.3) is 5.60 Å². The highest BCUT2D eigenvalue weighted by Crippen LogP contribution is 2.68. The lowest BCUT2D eigenvalue weighted by Crippen LogP contribution is -2.53. The van der Waals surface area contributed by atoms with Gasteiger partial charge in [-0.25, -0.2) is 0 Å². The van der Waals surface area contributed by atoms with Gasteiger partial charge in [0.05, 0.1) is 17.5 Å². The van der Waals surface area contributed by atoms with E-state index < -0.39 is 47.2 Å². The highest BCUT2D eigenvalue weighted by atomic mass is 19.4. The summed E-state index contributed by atoms with van der Waals surface area (Å²) in [5.41, 5.74) is -6.56. The molecule has 4 aliphatic carbocycles. The Morgan fingerprint density at radius 3 is 1.60 bits per heavy atom. The summed E-state index contributed by atoms with van der Waals surface area (Å²) in [5, 5.41) is 9.50. The van der Waals surface area contributed by atoms with Crippen LogP contribution in [-0.2, 0) is 15.2 Å². The van der Waals surface area contributed by atoms with E-state index >= 15 is 0 Å². The molecule has 0 spiro atoms. The molecule has 6 rings (SSSR count). The molecule has 5 aliphatic rings. The van der Waals surface area contributed by atoms with Crippen LogP contribution in [0, 0.1) is 35.5 Å². The Bertz CT molecular complexity index is 876. The highest BCUT2D eigenvalue weighted by molar-refractivity contribution is 6.22. The summed E-state index contributed by atoms with van der Waals surface area (Å²) < 4.78 is 78.3. The number of alkyl halides is 6. The Labute approximate surface area is 166 Å². The smallest absolute Gasteiger partial charge is 0.369 e. The largest absolute Gasteiger partial charge is 0.430 e. The number of nitrogens with zero attached hydrogens (tertiary/aromatic N) is 1. The second-order valence-corrected chi connectivity index (χ2v) is 8.78. The molecule has 0 radical (unpaired) electrons. The molecular weight excluding hydrogens is 416 g/mol. The fourth-order valence-electron chi connectivity index (χ4n) is 6.13. The second kappa shape index (κ2) is 5.77. The summed E-state index contributed by atoms with van der Waals surface area (Å²) in [6.45, 7) is 0. The molecule has 1 heterocycles. The molecule has 1 aromatic carbocycles. The second-order valence-electron chi connectivity index (χ2n) is 8.78. The first-order valence-corrected chi connectivity index (χ1v) is 9.72. The van der Waals surface area contributed by atoms with E-state index in [1.165, 1.54) is 0 Å². The first-order valence-electron chi connectivity index (χ1n) is 9.72. The minimum Gasteiger partial charge on any atom is -0.369 e. The average molecular weight is 433 g/mol. The maximum Gasteiger partial charge on any atom is 0.430 e. The standard InChI is InChI=1S/C20H17F6NO3/c21-19(22,23)18(30,20(24,25)26)8-1-3-9(4-2-8)27-16(28)14-10-5-6-11(13-7-12(10)13)15(14)17(27)29/h1-4,10-15,30H,5-7H2. The van der Waals surface area contributed by atoms with Crippen LogP contribution in [0.25, 0.3) is 0 Å². The monoisotopic (exact) mass is 433 g/mol. The molecule has 30 heavy (non-hydrogen) atoms. The highest BCUT2D eigenvalue weighted by Gasteiger charge is 2.72. The predicted octanol–water partition coefficient (Wildman–Crippen LogP) is 3.78. The minimum atomic E-state index is -6.00. The number of halogens is 6. The quantitative estimate of drug-likeness (QED) is 0.571. The Balaban J connectivity index is 1.48. The topological polar surface area (TPSA) is 57.6 Å². The SMILES string of the molecule is O=C1C2C3CCC(C4CC43)C2C(=O)N1c1ccc(C(O)(C(F)(F)F)C(F)(F)F)cc1. The summed E-state index contributed by atoms with van der Waals surface area (Å²) in [6.07, 6.45) is -9.25. The van der Waals surface area contributed by atoms with Crippen LogP contribution in [0.5, 0.6) is 0 Å². The van der Waals surface area contributed by atoms with Crippen LogP contribution in [0.1, 0.15) is 24.8 Å². The zero-order valence-corrected chi connectivity index (χ0v) is 15.4. The molecule has 5 fully saturated rings. The van der Waals surface area contributed by atoms with Gasteiger partial charge in [-0.3, -0.25) is 14.5 Å². The average Bonchev–Trinajstić information content (AvgIpc) is 3.43. The number of anilines is 1. The number of fused-ring (bicyclic) bond motifs is 1. The minimum absolute atomic E-state index is 0.0806. The fourth-order valence-corrected chi connectivity index (χ4v) is 6.13. The lowest BCUT2D eigenvalue weighted by atomic mass is 9.59. The molecule has 2 bridgehead atoms. The molecule has 0 aromatic heterocycles. The molecule has 1 aromatic rings. The lowest BCUT2D eigenvalue weighted by molar-refractivity contribution is -0.376. The normalized spacial score (nSPS) is 35.5. The van der Waals surface area contributed by atoms with E-state index in [0.717, 1.165) is 36.3 Å².